The lowest BCUT2D eigenvalue weighted by atomic mass is 9.99. The summed E-state index contributed by atoms with van der Waals surface area (Å²) in [6, 6.07) is 4.02. The Labute approximate surface area is 127 Å². The van der Waals surface area contributed by atoms with Gasteiger partial charge in [-0.25, -0.2) is 0 Å². The van der Waals surface area contributed by atoms with Gasteiger partial charge in [0, 0.05) is 25.7 Å². The Morgan fingerprint density at radius 2 is 1.90 bits per heavy atom. The lowest BCUT2D eigenvalue weighted by Crippen LogP contribution is -2.55. The van der Waals surface area contributed by atoms with E-state index in [1.807, 2.05) is 4.90 Å². The minimum atomic E-state index is -4.33. The number of fused-ring (bicyclic) bond motifs is 1. The van der Waals surface area contributed by atoms with Gasteiger partial charge in [-0.3, -0.25) is 4.90 Å². The van der Waals surface area contributed by atoms with Gasteiger partial charge in [-0.2, -0.15) is 13.2 Å². The van der Waals surface area contributed by atoms with Gasteiger partial charge in [0.1, 0.15) is 0 Å². The van der Waals surface area contributed by atoms with Gasteiger partial charge in [-0.05, 0) is 37.6 Å². The molecule has 0 bridgehead atoms. The Morgan fingerprint density at radius 1 is 1.10 bits per heavy atom. The van der Waals surface area contributed by atoms with Gasteiger partial charge in [0.2, 0.25) is 0 Å². The Balaban J connectivity index is 1.83. The molecule has 0 aromatic heterocycles. The fraction of sp³-hybridized carbons (Fsp3) is 0.600. The molecular formula is C15H18ClF3N2. The van der Waals surface area contributed by atoms with Crippen LogP contribution in [0.2, 0.25) is 5.02 Å². The highest BCUT2D eigenvalue weighted by molar-refractivity contribution is 6.33. The maximum atomic E-state index is 12.9. The standard InChI is InChI=1S/C15H18ClF3N2/c16-13-5-4-11(15(17,18)19)9-14(13)21-8-7-20-6-2-1-3-12(20)10-21/h4-5,9,12H,1-3,6-8,10H2. The first-order valence-electron chi connectivity index (χ1n) is 7.31. The summed E-state index contributed by atoms with van der Waals surface area (Å²) in [5.74, 6) is 0. The first kappa shape index (κ1) is 15.0. The summed E-state index contributed by atoms with van der Waals surface area (Å²) < 4.78 is 38.6. The van der Waals surface area contributed by atoms with Gasteiger partial charge in [0.15, 0.2) is 0 Å². The van der Waals surface area contributed by atoms with E-state index in [1.165, 1.54) is 25.0 Å². The molecule has 1 atom stereocenters. The zero-order valence-corrected chi connectivity index (χ0v) is 12.4. The van der Waals surface area contributed by atoms with Crippen molar-refractivity contribution in [3.05, 3.63) is 28.8 Å². The second kappa shape index (κ2) is 5.69. The van der Waals surface area contributed by atoms with Crippen LogP contribution in [0.5, 0.6) is 0 Å². The number of benzene rings is 1. The van der Waals surface area contributed by atoms with Crippen LogP contribution in [0.25, 0.3) is 0 Å². The molecule has 2 saturated heterocycles. The predicted octanol–water partition coefficient (Wildman–Crippen LogP) is 4.03. The average Bonchev–Trinajstić information content (AvgIpc) is 2.46. The number of nitrogens with zero attached hydrogens (tertiary/aromatic N) is 2. The van der Waals surface area contributed by atoms with Crippen molar-refractivity contribution in [1.82, 2.24) is 4.90 Å². The zero-order chi connectivity index (χ0) is 15.0. The molecule has 0 radical (unpaired) electrons. The number of rotatable bonds is 1. The fourth-order valence-corrected chi connectivity index (χ4v) is 3.54. The number of hydrogen-bond donors (Lipinski definition) is 0. The predicted molar refractivity (Wildman–Crippen MR) is 77.9 cm³/mol. The van der Waals surface area contributed by atoms with Crippen LogP contribution in [0, 0.1) is 0 Å². The van der Waals surface area contributed by atoms with Crippen LogP contribution < -0.4 is 4.90 Å². The molecule has 2 fully saturated rings. The maximum Gasteiger partial charge on any atom is 0.416 e. The number of alkyl halides is 3. The largest absolute Gasteiger partial charge is 0.416 e. The van der Waals surface area contributed by atoms with E-state index in [-0.39, 0.29) is 0 Å². The Bertz CT molecular complexity index is 518. The first-order valence-corrected chi connectivity index (χ1v) is 7.69. The number of halogens is 4. The molecule has 1 unspecified atom stereocenters. The highest BCUT2D eigenvalue weighted by Gasteiger charge is 2.33. The topological polar surface area (TPSA) is 6.48 Å². The van der Waals surface area contributed by atoms with Crippen LogP contribution >= 0.6 is 11.6 Å². The van der Waals surface area contributed by atoms with Crippen LogP contribution in [0.15, 0.2) is 18.2 Å². The molecule has 0 saturated carbocycles. The van der Waals surface area contributed by atoms with E-state index >= 15 is 0 Å². The van der Waals surface area contributed by atoms with E-state index in [0.717, 1.165) is 38.7 Å². The molecule has 2 nitrogen and oxygen atoms in total. The van der Waals surface area contributed by atoms with Crippen molar-refractivity contribution in [1.29, 1.82) is 0 Å². The van der Waals surface area contributed by atoms with E-state index in [2.05, 4.69) is 4.90 Å². The average molecular weight is 319 g/mol. The molecule has 1 aromatic carbocycles. The molecule has 0 spiro atoms. The molecule has 2 heterocycles. The molecule has 1 aromatic rings. The molecule has 6 heteroatoms. The lowest BCUT2D eigenvalue weighted by Gasteiger charge is -2.45. The molecule has 2 aliphatic heterocycles. The van der Waals surface area contributed by atoms with Crippen molar-refractivity contribution in [2.45, 2.75) is 31.5 Å². The molecule has 0 amide bonds. The minimum absolute atomic E-state index is 0.396. The normalized spacial score (nSPS) is 24.0. The SMILES string of the molecule is FC(F)(F)c1ccc(Cl)c(N2CCN3CCCCC3C2)c1. The third-order valence-corrected chi connectivity index (χ3v) is 4.77. The molecule has 0 N–H and O–H groups in total. The van der Waals surface area contributed by atoms with Crippen molar-refractivity contribution in [3.63, 3.8) is 0 Å². The third-order valence-electron chi connectivity index (χ3n) is 4.45. The molecule has 116 valence electrons. The fourth-order valence-electron chi connectivity index (χ4n) is 3.31. The number of anilines is 1. The summed E-state index contributed by atoms with van der Waals surface area (Å²) in [6.07, 6.45) is -0.786. The lowest BCUT2D eigenvalue weighted by molar-refractivity contribution is -0.137. The first-order chi connectivity index (χ1) is 9.95. The molecule has 21 heavy (non-hydrogen) atoms. The van der Waals surface area contributed by atoms with E-state index in [4.69, 9.17) is 11.6 Å². The second-order valence-electron chi connectivity index (χ2n) is 5.80. The van der Waals surface area contributed by atoms with Gasteiger partial charge in [0.25, 0.3) is 0 Å². The maximum absolute atomic E-state index is 12.9. The van der Waals surface area contributed by atoms with Gasteiger partial charge in [-0.1, -0.05) is 18.0 Å². The smallest absolute Gasteiger partial charge is 0.367 e. The highest BCUT2D eigenvalue weighted by Crippen LogP contribution is 2.36. The van der Waals surface area contributed by atoms with E-state index in [0.29, 0.717) is 16.8 Å². The van der Waals surface area contributed by atoms with Crippen molar-refractivity contribution >= 4 is 17.3 Å². The van der Waals surface area contributed by atoms with E-state index in [1.54, 1.807) is 0 Å². The third kappa shape index (κ3) is 3.14. The van der Waals surface area contributed by atoms with E-state index < -0.39 is 11.7 Å². The summed E-state index contributed by atoms with van der Waals surface area (Å²) in [6.45, 7) is 3.50. The van der Waals surface area contributed by atoms with Crippen LogP contribution in [-0.2, 0) is 6.18 Å². The highest BCUT2D eigenvalue weighted by atomic mass is 35.5. The zero-order valence-electron chi connectivity index (χ0n) is 11.7. The van der Waals surface area contributed by atoms with Gasteiger partial charge >= 0.3 is 6.18 Å². The number of piperazine rings is 1. The van der Waals surface area contributed by atoms with Crippen molar-refractivity contribution < 1.29 is 13.2 Å². The molecule has 3 rings (SSSR count). The van der Waals surface area contributed by atoms with Gasteiger partial charge < -0.3 is 4.90 Å². The van der Waals surface area contributed by atoms with Gasteiger partial charge in [0.05, 0.1) is 16.3 Å². The summed E-state index contributed by atoms with van der Waals surface area (Å²) in [5.41, 5.74) is -0.121. The molecule has 0 aliphatic carbocycles. The molecule has 2 aliphatic rings. The van der Waals surface area contributed by atoms with Crippen LogP contribution in [0.3, 0.4) is 0 Å². The van der Waals surface area contributed by atoms with Crippen LogP contribution in [-0.4, -0.2) is 37.1 Å². The van der Waals surface area contributed by atoms with Crippen molar-refractivity contribution in [2.75, 3.05) is 31.1 Å². The second-order valence-corrected chi connectivity index (χ2v) is 6.20. The Kier molecular flexibility index (Phi) is 4.06. The number of piperidine rings is 1. The number of hydrogen-bond acceptors (Lipinski definition) is 2. The van der Waals surface area contributed by atoms with Crippen LogP contribution in [0.1, 0.15) is 24.8 Å². The van der Waals surface area contributed by atoms with Crippen molar-refractivity contribution in [2.24, 2.45) is 0 Å². The Hall–Kier alpha value is -0.940. The minimum Gasteiger partial charge on any atom is -0.367 e. The summed E-state index contributed by atoms with van der Waals surface area (Å²) in [5, 5.41) is 0.396. The summed E-state index contributed by atoms with van der Waals surface area (Å²) in [4.78, 5) is 4.45. The summed E-state index contributed by atoms with van der Waals surface area (Å²) >= 11 is 6.13. The van der Waals surface area contributed by atoms with Crippen LogP contribution in [0.4, 0.5) is 18.9 Å². The molecular weight excluding hydrogens is 301 g/mol. The van der Waals surface area contributed by atoms with E-state index in [9.17, 15) is 13.2 Å². The van der Waals surface area contributed by atoms with Crippen molar-refractivity contribution in [3.8, 4) is 0 Å². The Morgan fingerprint density at radius 3 is 2.67 bits per heavy atom. The quantitative estimate of drug-likeness (QED) is 0.771. The monoisotopic (exact) mass is 318 g/mol. The van der Waals surface area contributed by atoms with Gasteiger partial charge in [-0.15, -0.1) is 0 Å². The summed E-state index contributed by atoms with van der Waals surface area (Å²) in [7, 11) is 0.